The summed E-state index contributed by atoms with van der Waals surface area (Å²) in [5, 5.41) is 0. The number of carbonyl (C=O) groups excluding carboxylic acids is 1. The predicted molar refractivity (Wildman–Crippen MR) is 84.2 cm³/mol. The third kappa shape index (κ3) is 4.08. The highest BCUT2D eigenvalue weighted by molar-refractivity contribution is 5.81. The van der Waals surface area contributed by atoms with Crippen LogP contribution in [0.25, 0.3) is 0 Å². The number of ether oxygens (including phenoxy) is 1. The van der Waals surface area contributed by atoms with E-state index >= 15 is 0 Å². The molecule has 0 aliphatic carbocycles. The van der Waals surface area contributed by atoms with Gasteiger partial charge in [-0.25, -0.2) is 0 Å². The molecule has 1 aliphatic rings. The molecule has 2 rings (SSSR count). The molecule has 1 amide bonds. The summed E-state index contributed by atoms with van der Waals surface area (Å²) in [6, 6.07) is 4.63. The Morgan fingerprint density at radius 2 is 2.12 bits per heavy atom. The van der Waals surface area contributed by atoms with Gasteiger partial charge in [0.25, 0.3) is 5.91 Å². The van der Waals surface area contributed by atoms with Crippen molar-refractivity contribution in [3.63, 3.8) is 0 Å². The first-order valence-electron chi connectivity index (χ1n) is 8.11. The van der Waals surface area contributed by atoms with Crippen molar-refractivity contribution in [2.45, 2.75) is 51.1 Å². The van der Waals surface area contributed by atoms with E-state index in [1.54, 1.807) is 24.8 Å². The molecule has 134 valence electrons. The minimum absolute atomic E-state index is 0.124. The first-order chi connectivity index (χ1) is 11.3. The normalized spacial score (nSPS) is 22.4. The third-order valence-corrected chi connectivity index (χ3v) is 4.43. The molecule has 0 saturated carbocycles. The number of likely N-dealkylation sites (N-methyl/N-ethyl adjacent to an activating group) is 1. The Bertz CT molecular complexity index is 577. The van der Waals surface area contributed by atoms with E-state index in [0.717, 1.165) is 18.6 Å². The fourth-order valence-corrected chi connectivity index (χ4v) is 3.02. The standard InChI is InChI=1S/C17H23F3N2O2/c1-3-22(16(23)15-8-7-14(10-21)24-15)11(2)12-5-4-6-13(9-12)17(18,19)20/h4-6,9,11,14-15H,3,7-8,10,21H2,1-2H3/t11?,14-,15+/m1/s1. The molecule has 0 aromatic heterocycles. The lowest BCUT2D eigenvalue weighted by atomic mass is 10.0. The van der Waals surface area contributed by atoms with Gasteiger partial charge in [-0.05, 0) is 44.4 Å². The summed E-state index contributed by atoms with van der Waals surface area (Å²) in [5.74, 6) is -0.196. The molecule has 1 saturated heterocycles. The van der Waals surface area contributed by atoms with Crippen LogP contribution in [0.5, 0.6) is 0 Å². The summed E-state index contributed by atoms with van der Waals surface area (Å²) < 4.78 is 44.3. The van der Waals surface area contributed by atoms with E-state index in [-0.39, 0.29) is 12.0 Å². The van der Waals surface area contributed by atoms with Crippen LogP contribution in [-0.2, 0) is 15.7 Å². The average molecular weight is 344 g/mol. The monoisotopic (exact) mass is 344 g/mol. The molecule has 1 unspecified atom stereocenters. The second-order valence-corrected chi connectivity index (χ2v) is 5.98. The summed E-state index contributed by atoms with van der Waals surface area (Å²) in [7, 11) is 0. The topological polar surface area (TPSA) is 55.6 Å². The maximum atomic E-state index is 12.9. The van der Waals surface area contributed by atoms with Crippen LogP contribution in [0.2, 0.25) is 0 Å². The molecule has 1 aliphatic heterocycles. The molecule has 7 heteroatoms. The summed E-state index contributed by atoms with van der Waals surface area (Å²) in [6.07, 6.45) is -3.78. The number of alkyl halides is 3. The molecule has 1 fully saturated rings. The zero-order valence-electron chi connectivity index (χ0n) is 13.8. The number of rotatable bonds is 5. The quantitative estimate of drug-likeness (QED) is 0.893. The Labute approximate surface area is 139 Å². The van der Waals surface area contributed by atoms with Crippen LogP contribution in [0, 0.1) is 0 Å². The molecule has 1 heterocycles. The fourth-order valence-electron chi connectivity index (χ4n) is 3.02. The SMILES string of the molecule is CCN(C(=O)[C@@H]1CC[C@H](CN)O1)C(C)c1cccc(C(F)(F)F)c1. The van der Waals surface area contributed by atoms with Gasteiger partial charge in [-0.15, -0.1) is 0 Å². The molecule has 2 N–H and O–H groups in total. The van der Waals surface area contributed by atoms with Gasteiger partial charge in [-0.1, -0.05) is 12.1 Å². The van der Waals surface area contributed by atoms with Crippen molar-refractivity contribution >= 4 is 5.91 Å². The number of benzene rings is 1. The van der Waals surface area contributed by atoms with Gasteiger partial charge in [0.2, 0.25) is 0 Å². The van der Waals surface area contributed by atoms with Gasteiger partial charge in [0, 0.05) is 13.1 Å². The lowest BCUT2D eigenvalue weighted by Crippen LogP contribution is -2.41. The zero-order valence-corrected chi connectivity index (χ0v) is 13.8. The second kappa shape index (κ2) is 7.53. The number of nitrogens with zero attached hydrogens (tertiary/aromatic N) is 1. The summed E-state index contributed by atoms with van der Waals surface area (Å²) in [5.41, 5.74) is 5.30. The van der Waals surface area contributed by atoms with Gasteiger partial charge in [-0.3, -0.25) is 4.79 Å². The second-order valence-electron chi connectivity index (χ2n) is 5.98. The van der Waals surface area contributed by atoms with Gasteiger partial charge in [0.05, 0.1) is 17.7 Å². The minimum atomic E-state index is -4.40. The van der Waals surface area contributed by atoms with Crippen LogP contribution >= 0.6 is 0 Å². The van der Waals surface area contributed by atoms with E-state index in [1.807, 2.05) is 0 Å². The van der Waals surface area contributed by atoms with Crippen molar-refractivity contribution in [3.8, 4) is 0 Å². The Hall–Kier alpha value is -1.60. The Morgan fingerprint density at radius 3 is 2.67 bits per heavy atom. The van der Waals surface area contributed by atoms with Gasteiger partial charge < -0.3 is 15.4 Å². The lowest BCUT2D eigenvalue weighted by molar-refractivity contribution is -0.144. The van der Waals surface area contributed by atoms with E-state index in [4.69, 9.17) is 10.5 Å². The molecular weight excluding hydrogens is 321 g/mol. The molecule has 0 radical (unpaired) electrons. The van der Waals surface area contributed by atoms with Gasteiger partial charge >= 0.3 is 6.18 Å². The molecular formula is C17H23F3N2O2. The fraction of sp³-hybridized carbons (Fsp3) is 0.588. The van der Waals surface area contributed by atoms with Crippen LogP contribution in [0.15, 0.2) is 24.3 Å². The number of amides is 1. The zero-order chi connectivity index (χ0) is 17.9. The van der Waals surface area contributed by atoms with Gasteiger partial charge in [0.15, 0.2) is 0 Å². The number of carbonyl (C=O) groups is 1. The summed E-state index contributed by atoms with van der Waals surface area (Å²) in [4.78, 5) is 14.2. The van der Waals surface area contributed by atoms with E-state index in [9.17, 15) is 18.0 Å². The van der Waals surface area contributed by atoms with Crippen LogP contribution in [0.1, 0.15) is 43.9 Å². The van der Waals surface area contributed by atoms with E-state index in [1.165, 1.54) is 6.07 Å². The largest absolute Gasteiger partial charge is 0.416 e. The summed E-state index contributed by atoms with van der Waals surface area (Å²) >= 11 is 0. The molecule has 0 spiro atoms. The van der Waals surface area contributed by atoms with Crippen LogP contribution < -0.4 is 5.73 Å². The number of halogens is 3. The number of nitrogens with two attached hydrogens (primary N) is 1. The van der Waals surface area contributed by atoms with Gasteiger partial charge in [0.1, 0.15) is 6.10 Å². The van der Waals surface area contributed by atoms with Crippen molar-refractivity contribution < 1.29 is 22.7 Å². The first kappa shape index (κ1) is 18.7. The lowest BCUT2D eigenvalue weighted by Gasteiger charge is -2.31. The van der Waals surface area contributed by atoms with Crippen molar-refractivity contribution in [2.24, 2.45) is 5.73 Å². The molecule has 4 nitrogen and oxygen atoms in total. The molecule has 24 heavy (non-hydrogen) atoms. The Kier molecular flexibility index (Phi) is 5.87. The van der Waals surface area contributed by atoms with E-state index in [0.29, 0.717) is 25.1 Å². The van der Waals surface area contributed by atoms with Crippen LogP contribution in [-0.4, -0.2) is 36.1 Å². The van der Waals surface area contributed by atoms with Crippen molar-refractivity contribution in [1.82, 2.24) is 4.90 Å². The van der Waals surface area contributed by atoms with E-state index < -0.39 is 23.9 Å². The average Bonchev–Trinajstić information content (AvgIpc) is 3.03. The highest BCUT2D eigenvalue weighted by Crippen LogP contribution is 2.32. The maximum absolute atomic E-state index is 12.9. The van der Waals surface area contributed by atoms with Gasteiger partial charge in [-0.2, -0.15) is 13.2 Å². The Balaban J connectivity index is 2.17. The van der Waals surface area contributed by atoms with E-state index in [2.05, 4.69) is 0 Å². The number of hydrogen-bond donors (Lipinski definition) is 1. The minimum Gasteiger partial charge on any atom is -0.364 e. The summed E-state index contributed by atoms with van der Waals surface area (Å²) in [6.45, 7) is 4.28. The van der Waals surface area contributed by atoms with Crippen molar-refractivity contribution in [3.05, 3.63) is 35.4 Å². The molecule has 1 aromatic carbocycles. The van der Waals surface area contributed by atoms with Crippen molar-refractivity contribution in [2.75, 3.05) is 13.1 Å². The van der Waals surface area contributed by atoms with Crippen LogP contribution in [0.4, 0.5) is 13.2 Å². The van der Waals surface area contributed by atoms with Crippen molar-refractivity contribution in [1.29, 1.82) is 0 Å². The first-order valence-corrected chi connectivity index (χ1v) is 8.11. The maximum Gasteiger partial charge on any atom is 0.416 e. The predicted octanol–water partition coefficient (Wildman–Crippen LogP) is 3.12. The molecule has 1 aromatic rings. The highest BCUT2D eigenvalue weighted by atomic mass is 19.4. The Morgan fingerprint density at radius 1 is 1.42 bits per heavy atom. The number of hydrogen-bond acceptors (Lipinski definition) is 3. The molecule has 3 atom stereocenters. The smallest absolute Gasteiger partial charge is 0.364 e. The van der Waals surface area contributed by atoms with Crippen LogP contribution in [0.3, 0.4) is 0 Å². The molecule has 0 bridgehead atoms. The highest BCUT2D eigenvalue weighted by Gasteiger charge is 2.35. The third-order valence-electron chi connectivity index (χ3n) is 4.43.